The third-order valence-electron chi connectivity index (χ3n) is 3.42. The van der Waals surface area contributed by atoms with Crippen LogP contribution in [0.5, 0.6) is 0 Å². The molecule has 2 aromatic carbocycles. The van der Waals surface area contributed by atoms with Gasteiger partial charge in [0.15, 0.2) is 15.8 Å². The fourth-order valence-corrected chi connectivity index (χ4v) is 3.38. The minimum atomic E-state index is -3.34. The first-order valence-electron chi connectivity index (χ1n) is 8.05. The van der Waals surface area contributed by atoms with Crippen LogP contribution in [0.25, 0.3) is 0 Å². The maximum Gasteiger partial charge on any atom is 0.191 e. The molecule has 7 heteroatoms. The number of benzene rings is 2. The van der Waals surface area contributed by atoms with E-state index in [1.807, 2.05) is 6.92 Å². The van der Waals surface area contributed by atoms with Gasteiger partial charge in [0.05, 0.1) is 17.2 Å². The van der Waals surface area contributed by atoms with Crippen molar-refractivity contribution in [3.8, 4) is 0 Å². The number of nitrogens with zero attached hydrogens (tertiary/aromatic N) is 1. The van der Waals surface area contributed by atoms with Gasteiger partial charge < -0.3 is 10.6 Å². The minimum Gasteiger partial charge on any atom is -0.357 e. The number of hydrogen-bond donors (Lipinski definition) is 2. The number of halogens is 1. The maximum absolute atomic E-state index is 13.2. The Morgan fingerprint density at radius 3 is 2.52 bits per heavy atom. The predicted octanol–water partition coefficient (Wildman–Crippen LogP) is 2.35. The van der Waals surface area contributed by atoms with Crippen LogP contribution < -0.4 is 10.6 Å². The van der Waals surface area contributed by atoms with Crippen LogP contribution in [0, 0.1) is 5.82 Å². The third kappa shape index (κ3) is 6.19. The lowest BCUT2D eigenvalue weighted by atomic mass is 10.2. The van der Waals surface area contributed by atoms with Gasteiger partial charge in [-0.15, -0.1) is 0 Å². The highest BCUT2D eigenvalue weighted by molar-refractivity contribution is 7.91. The highest BCUT2D eigenvalue weighted by Gasteiger charge is 2.13. The van der Waals surface area contributed by atoms with Crippen LogP contribution in [0.1, 0.15) is 12.5 Å². The van der Waals surface area contributed by atoms with Crippen LogP contribution in [-0.4, -0.2) is 33.2 Å². The summed E-state index contributed by atoms with van der Waals surface area (Å²) in [5.41, 5.74) is 0.745. The Labute approximate surface area is 147 Å². The van der Waals surface area contributed by atoms with E-state index in [9.17, 15) is 12.8 Å². The Balaban J connectivity index is 1.94. The highest BCUT2D eigenvalue weighted by Crippen LogP contribution is 2.09. The molecule has 0 radical (unpaired) electrons. The van der Waals surface area contributed by atoms with E-state index in [2.05, 4.69) is 15.6 Å². The van der Waals surface area contributed by atoms with Crippen molar-refractivity contribution < 1.29 is 12.8 Å². The smallest absolute Gasteiger partial charge is 0.191 e. The molecule has 5 nitrogen and oxygen atoms in total. The van der Waals surface area contributed by atoms with Crippen molar-refractivity contribution >= 4 is 15.8 Å². The first-order chi connectivity index (χ1) is 12.0. The lowest BCUT2D eigenvalue weighted by Crippen LogP contribution is -2.39. The molecule has 2 aromatic rings. The van der Waals surface area contributed by atoms with Crippen LogP contribution >= 0.6 is 0 Å². The number of rotatable bonds is 7. The molecule has 0 bridgehead atoms. The van der Waals surface area contributed by atoms with Gasteiger partial charge in [-0.1, -0.05) is 30.3 Å². The standard InChI is InChI=1S/C18H22FN3O2S/c1-2-20-18(22-14-15-7-6-8-16(19)13-15)21-11-12-25(23,24)17-9-4-3-5-10-17/h3-10,13H,2,11-12,14H2,1H3,(H2,20,21,22). The predicted molar refractivity (Wildman–Crippen MR) is 97.7 cm³/mol. The number of hydrogen-bond acceptors (Lipinski definition) is 3. The summed E-state index contributed by atoms with van der Waals surface area (Å²) in [7, 11) is -3.34. The van der Waals surface area contributed by atoms with Crippen molar-refractivity contribution in [2.45, 2.75) is 18.4 Å². The first-order valence-corrected chi connectivity index (χ1v) is 9.71. The van der Waals surface area contributed by atoms with Gasteiger partial charge in [0.2, 0.25) is 0 Å². The zero-order valence-electron chi connectivity index (χ0n) is 14.1. The fourth-order valence-electron chi connectivity index (χ4n) is 2.20. The Kier molecular flexibility index (Phi) is 6.94. The van der Waals surface area contributed by atoms with Crippen LogP contribution in [0.15, 0.2) is 64.5 Å². The molecule has 0 aliphatic carbocycles. The van der Waals surface area contributed by atoms with Crippen molar-refractivity contribution in [2.24, 2.45) is 4.99 Å². The largest absolute Gasteiger partial charge is 0.357 e. The second kappa shape index (κ2) is 9.17. The molecular formula is C18H22FN3O2S. The van der Waals surface area contributed by atoms with E-state index in [-0.39, 0.29) is 18.1 Å². The SMILES string of the molecule is CCNC(=NCc1cccc(F)c1)NCCS(=O)(=O)c1ccccc1. The van der Waals surface area contributed by atoms with E-state index >= 15 is 0 Å². The number of aliphatic imine (C=N–C) groups is 1. The molecule has 25 heavy (non-hydrogen) atoms. The van der Waals surface area contributed by atoms with E-state index < -0.39 is 9.84 Å². The zero-order valence-corrected chi connectivity index (χ0v) is 14.9. The van der Waals surface area contributed by atoms with Crippen molar-refractivity contribution in [1.29, 1.82) is 0 Å². The summed E-state index contributed by atoms with van der Waals surface area (Å²) >= 11 is 0. The molecule has 0 aliphatic rings. The molecule has 0 aliphatic heterocycles. The van der Waals surface area contributed by atoms with Crippen LogP contribution in [0.4, 0.5) is 4.39 Å². The van der Waals surface area contributed by atoms with Gasteiger partial charge in [-0.2, -0.15) is 0 Å². The quantitative estimate of drug-likeness (QED) is 0.585. The molecule has 0 heterocycles. The van der Waals surface area contributed by atoms with E-state index in [0.29, 0.717) is 23.9 Å². The molecule has 2 rings (SSSR count). The number of guanidine groups is 1. The molecule has 0 amide bonds. The average Bonchev–Trinajstić information content (AvgIpc) is 2.60. The van der Waals surface area contributed by atoms with Crippen molar-refractivity contribution in [3.05, 3.63) is 66.0 Å². The topological polar surface area (TPSA) is 70.6 Å². The normalized spacial score (nSPS) is 12.0. The molecule has 0 saturated carbocycles. The minimum absolute atomic E-state index is 0.0403. The summed E-state index contributed by atoms with van der Waals surface area (Å²) in [6.07, 6.45) is 0. The van der Waals surface area contributed by atoms with Crippen LogP contribution in [0.2, 0.25) is 0 Å². The molecule has 0 fully saturated rings. The van der Waals surface area contributed by atoms with Gasteiger partial charge in [-0.25, -0.2) is 17.8 Å². The van der Waals surface area contributed by atoms with E-state index in [1.54, 1.807) is 42.5 Å². The molecule has 0 atom stereocenters. The summed E-state index contributed by atoms with van der Waals surface area (Å²) in [6.45, 7) is 3.09. The van der Waals surface area contributed by atoms with Crippen LogP contribution in [-0.2, 0) is 16.4 Å². The van der Waals surface area contributed by atoms with Crippen molar-refractivity contribution in [3.63, 3.8) is 0 Å². The Bertz CT molecular complexity index is 808. The highest BCUT2D eigenvalue weighted by atomic mass is 32.2. The van der Waals surface area contributed by atoms with Gasteiger partial charge in [0.25, 0.3) is 0 Å². The number of nitrogens with one attached hydrogen (secondary N) is 2. The Morgan fingerprint density at radius 2 is 1.84 bits per heavy atom. The lowest BCUT2D eigenvalue weighted by molar-refractivity contribution is 0.594. The average molecular weight is 363 g/mol. The summed E-state index contributed by atoms with van der Waals surface area (Å²) in [5, 5.41) is 6.04. The molecule has 0 unspecified atom stereocenters. The second-order valence-corrected chi connectivity index (χ2v) is 7.49. The van der Waals surface area contributed by atoms with Crippen molar-refractivity contribution in [1.82, 2.24) is 10.6 Å². The molecule has 0 spiro atoms. The Hall–Kier alpha value is -2.41. The van der Waals surface area contributed by atoms with E-state index in [0.717, 1.165) is 5.56 Å². The third-order valence-corrected chi connectivity index (χ3v) is 5.15. The monoisotopic (exact) mass is 363 g/mol. The summed E-state index contributed by atoms with van der Waals surface area (Å²) in [5.74, 6) is 0.149. The first kappa shape index (κ1) is 18.9. The summed E-state index contributed by atoms with van der Waals surface area (Å²) in [4.78, 5) is 4.65. The maximum atomic E-state index is 13.2. The van der Waals surface area contributed by atoms with E-state index in [1.165, 1.54) is 12.1 Å². The zero-order chi connectivity index (χ0) is 18.1. The van der Waals surface area contributed by atoms with E-state index in [4.69, 9.17) is 0 Å². The van der Waals surface area contributed by atoms with Gasteiger partial charge in [0, 0.05) is 13.1 Å². The molecule has 0 aromatic heterocycles. The molecule has 134 valence electrons. The van der Waals surface area contributed by atoms with Crippen molar-refractivity contribution in [2.75, 3.05) is 18.8 Å². The van der Waals surface area contributed by atoms with Gasteiger partial charge in [-0.3, -0.25) is 0 Å². The summed E-state index contributed by atoms with van der Waals surface area (Å²) in [6, 6.07) is 14.6. The second-order valence-electron chi connectivity index (χ2n) is 5.38. The van der Waals surface area contributed by atoms with Gasteiger partial charge >= 0.3 is 0 Å². The fraction of sp³-hybridized carbons (Fsp3) is 0.278. The van der Waals surface area contributed by atoms with Crippen LogP contribution in [0.3, 0.4) is 0 Å². The molecule has 0 saturated heterocycles. The molecule has 2 N–H and O–H groups in total. The summed E-state index contributed by atoms with van der Waals surface area (Å²) < 4.78 is 37.7. The Morgan fingerprint density at radius 1 is 1.08 bits per heavy atom. The molecular weight excluding hydrogens is 341 g/mol. The number of sulfone groups is 1. The van der Waals surface area contributed by atoms with Gasteiger partial charge in [-0.05, 0) is 36.8 Å². The van der Waals surface area contributed by atoms with Gasteiger partial charge in [0.1, 0.15) is 5.82 Å². The lowest BCUT2D eigenvalue weighted by Gasteiger charge is -2.11.